The molecule has 0 aliphatic heterocycles. The van der Waals surface area contributed by atoms with Crippen LogP contribution in [0.2, 0.25) is 0 Å². The molecule has 37 heavy (non-hydrogen) atoms. The molecule has 0 atom stereocenters. The van der Waals surface area contributed by atoms with Gasteiger partial charge < -0.3 is 9.84 Å². The Kier molecular flexibility index (Phi) is 7.99. The third-order valence-electron chi connectivity index (χ3n) is 5.68. The zero-order valence-corrected chi connectivity index (χ0v) is 21.7. The zero-order chi connectivity index (χ0) is 27.7. The number of carbonyl (C=O) groups excluding carboxylic acids is 1. The van der Waals surface area contributed by atoms with Gasteiger partial charge in [-0.1, -0.05) is 13.8 Å². The van der Waals surface area contributed by atoms with Gasteiger partial charge in [-0.15, -0.1) is 0 Å². The average molecular weight is 537 g/mol. The Morgan fingerprint density at radius 2 is 1.78 bits per heavy atom. The van der Waals surface area contributed by atoms with E-state index in [4.69, 9.17) is 4.74 Å². The average Bonchev–Trinajstić information content (AvgIpc) is 2.78. The van der Waals surface area contributed by atoms with E-state index in [0.717, 1.165) is 0 Å². The first-order valence-corrected chi connectivity index (χ1v) is 12.7. The van der Waals surface area contributed by atoms with Gasteiger partial charge in [0.1, 0.15) is 22.3 Å². The highest BCUT2D eigenvalue weighted by molar-refractivity contribution is 7.90. The van der Waals surface area contributed by atoms with Crippen LogP contribution in [-0.2, 0) is 26.8 Å². The van der Waals surface area contributed by atoms with Crippen LogP contribution < -0.4 is 9.46 Å². The lowest BCUT2D eigenvalue weighted by molar-refractivity contribution is -0.118. The van der Waals surface area contributed by atoms with Crippen molar-refractivity contribution < 1.29 is 36.2 Å². The number of carbonyl (C=O) groups is 1. The number of aromatic nitrogens is 1. The number of nitrogens with zero attached hydrogens (tertiary/aromatic N) is 1. The van der Waals surface area contributed by atoms with E-state index in [1.54, 1.807) is 30.7 Å². The Morgan fingerprint density at radius 3 is 2.38 bits per heavy atom. The first-order chi connectivity index (χ1) is 17.1. The number of benzene rings is 2. The van der Waals surface area contributed by atoms with Crippen molar-refractivity contribution in [2.24, 2.45) is 0 Å². The minimum atomic E-state index is -4.80. The molecule has 0 saturated heterocycles. The standard InChI is InChI=1S/C26H27F3N2O5S/c1-14(2)17-9-16(27)10-18(15-6-7-30-25(8-15)36-5)19(17)11-24(32)31-37(34,35)23-12-20(26(3,4)33)21(28)13-22(23)29/h6-10,12-14,33H,11H2,1-5H3,(H,31,32). The number of halogens is 3. The molecule has 11 heteroatoms. The molecule has 1 amide bonds. The van der Waals surface area contributed by atoms with Gasteiger partial charge in [0.2, 0.25) is 11.8 Å². The van der Waals surface area contributed by atoms with E-state index in [2.05, 4.69) is 4.98 Å². The number of amides is 1. The van der Waals surface area contributed by atoms with Gasteiger partial charge in [-0.05, 0) is 66.3 Å². The fraction of sp³-hybridized carbons (Fsp3) is 0.308. The fourth-order valence-electron chi connectivity index (χ4n) is 3.92. The molecule has 0 radical (unpaired) electrons. The molecule has 0 fully saturated rings. The van der Waals surface area contributed by atoms with Gasteiger partial charge >= 0.3 is 0 Å². The maximum absolute atomic E-state index is 14.5. The van der Waals surface area contributed by atoms with Crippen LogP contribution in [0.5, 0.6) is 5.88 Å². The maximum Gasteiger partial charge on any atom is 0.266 e. The van der Waals surface area contributed by atoms with Crippen LogP contribution in [0.3, 0.4) is 0 Å². The summed E-state index contributed by atoms with van der Waals surface area (Å²) in [5, 5.41) is 10.1. The molecule has 0 aliphatic carbocycles. The van der Waals surface area contributed by atoms with Gasteiger partial charge in [0.05, 0.1) is 19.1 Å². The number of pyridine rings is 1. The molecule has 198 valence electrons. The van der Waals surface area contributed by atoms with E-state index >= 15 is 0 Å². The van der Waals surface area contributed by atoms with Crippen LogP contribution in [0.25, 0.3) is 11.1 Å². The van der Waals surface area contributed by atoms with E-state index in [9.17, 15) is 31.5 Å². The molecule has 0 aliphatic rings. The summed E-state index contributed by atoms with van der Waals surface area (Å²) in [6.45, 7) is 5.98. The van der Waals surface area contributed by atoms with Gasteiger partial charge in [0.25, 0.3) is 10.0 Å². The highest BCUT2D eigenvalue weighted by Crippen LogP contribution is 2.33. The van der Waals surface area contributed by atoms with Crippen molar-refractivity contribution >= 4 is 15.9 Å². The second kappa shape index (κ2) is 10.5. The molecular formula is C26H27F3N2O5S. The van der Waals surface area contributed by atoms with Crippen LogP contribution in [0.15, 0.2) is 47.5 Å². The third-order valence-corrected chi connectivity index (χ3v) is 7.07. The van der Waals surface area contributed by atoms with Crippen molar-refractivity contribution in [2.45, 2.75) is 50.5 Å². The normalized spacial score (nSPS) is 12.1. The third kappa shape index (κ3) is 6.28. The molecular weight excluding hydrogens is 509 g/mol. The van der Waals surface area contributed by atoms with Crippen LogP contribution in [0.4, 0.5) is 13.2 Å². The highest BCUT2D eigenvalue weighted by atomic mass is 32.2. The Balaban J connectivity index is 2.04. The van der Waals surface area contributed by atoms with Crippen LogP contribution in [-0.4, -0.2) is 31.5 Å². The van der Waals surface area contributed by atoms with Crippen LogP contribution in [0, 0.1) is 17.5 Å². The number of methoxy groups -OCH3 is 1. The highest BCUT2D eigenvalue weighted by Gasteiger charge is 2.29. The summed E-state index contributed by atoms with van der Waals surface area (Å²) < 4.78 is 75.9. The zero-order valence-electron chi connectivity index (χ0n) is 20.9. The van der Waals surface area contributed by atoms with Crippen molar-refractivity contribution in [3.8, 4) is 17.0 Å². The largest absolute Gasteiger partial charge is 0.481 e. The van der Waals surface area contributed by atoms with E-state index in [0.29, 0.717) is 34.4 Å². The summed E-state index contributed by atoms with van der Waals surface area (Å²) in [5.74, 6) is -4.13. The number of rotatable bonds is 8. The molecule has 0 saturated carbocycles. The smallest absolute Gasteiger partial charge is 0.266 e. The lowest BCUT2D eigenvalue weighted by atomic mass is 9.88. The predicted octanol–water partition coefficient (Wildman–Crippen LogP) is 4.57. The number of aliphatic hydroxyl groups is 1. The van der Waals surface area contributed by atoms with E-state index in [1.165, 1.54) is 39.3 Å². The first-order valence-electron chi connectivity index (χ1n) is 11.2. The number of sulfonamides is 1. The van der Waals surface area contributed by atoms with Crippen LogP contribution in [0.1, 0.15) is 50.3 Å². The first kappa shape index (κ1) is 28.1. The molecule has 3 aromatic rings. The number of nitrogens with one attached hydrogen (secondary N) is 1. The topological polar surface area (TPSA) is 106 Å². The number of hydrogen-bond donors (Lipinski definition) is 2. The molecule has 7 nitrogen and oxygen atoms in total. The molecule has 1 aromatic heterocycles. The summed E-state index contributed by atoms with van der Waals surface area (Å²) in [4.78, 5) is 16.0. The molecule has 1 heterocycles. The summed E-state index contributed by atoms with van der Waals surface area (Å²) in [7, 11) is -3.38. The van der Waals surface area contributed by atoms with Gasteiger partial charge in [0, 0.05) is 23.9 Å². The lowest BCUT2D eigenvalue weighted by Gasteiger charge is -2.20. The molecule has 3 rings (SSSR count). The Hall–Kier alpha value is -3.44. The molecule has 0 spiro atoms. The van der Waals surface area contributed by atoms with Crippen molar-refractivity contribution in [3.05, 3.63) is 76.7 Å². The van der Waals surface area contributed by atoms with E-state index < -0.39 is 55.9 Å². The summed E-state index contributed by atoms with van der Waals surface area (Å²) in [6.07, 6.45) is 0.953. The Bertz CT molecular complexity index is 1450. The Morgan fingerprint density at radius 1 is 1.11 bits per heavy atom. The van der Waals surface area contributed by atoms with E-state index in [1.807, 2.05) is 0 Å². The van der Waals surface area contributed by atoms with E-state index in [-0.39, 0.29) is 11.8 Å². The fourth-order valence-corrected chi connectivity index (χ4v) is 4.99. The minimum absolute atomic E-state index is 0.235. The summed E-state index contributed by atoms with van der Waals surface area (Å²) in [6, 6.07) is 6.59. The van der Waals surface area contributed by atoms with Gasteiger partial charge in [-0.25, -0.2) is 31.3 Å². The van der Waals surface area contributed by atoms with Crippen molar-refractivity contribution in [1.29, 1.82) is 0 Å². The minimum Gasteiger partial charge on any atom is -0.481 e. The quantitative estimate of drug-likeness (QED) is 0.437. The van der Waals surface area contributed by atoms with Gasteiger partial charge in [-0.3, -0.25) is 4.79 Å². The SMILES string of the molecule is COc1cc(-c2cc(F)cc(C(C)C)c2CC(=O)NS(=O)(=O)c2cc(C(C)(C)O)c(F)cc2F)ccn1. The van der Waals surface area contributed by atoms with Crippen LogP contribution >= 0.6 is 0 Å². The molecule has 0 bridgehead atoms. The molecule has 2 aromatic carbocycles. The van der Waals surface area contributed by atoms with Crippen molar-refractivity contribution in [1.82, 2.24) is 9.71 Å². The van der Waals surface area contributed by atoms with Crippen molar-refractivity contribution in [2.75, 3.05) is 7.11 Å². The summed E-state index contributed by atoms with van der Waals surface area (Å²) >= 11 is 0. The second-order valence-electron chi connectivity index (χ2n) is 9.29. The molecule has 0 unspecified atom stereocenters. The monoisotopic (exact) mass is 536 g/mol. The lowest BCUT2D eigenvalue weighted by Crippen LogP contribution is -2.33. The van der Waals surface area contributed by atoms with Gasteiger partial charge in [0.15, 0.2) is 0 Å². The second-order valence-corrected chi connectivity index (χ2v) is 10.9. The number of hydrogen-bond acceptors (Lipinski definition) is 6. The number of ether oxygens (including phenoxy) is 1. The van der Waals surface area contributed by atoms with Gasteiger partial charge in [-0.2, -0.15) is 0 Å². The predicted molar refractivity (Wildman–Crippen MR) is 131 cm³/mol. The summed E-state index contributed by atoms with van der Waals surface area (Å²) in [5.41, 5.74) is -0.638. The van der Waals surface area contributed by atoms with Crippen molar-refractivity contribution in [3.63, 3.8) is 0 Å². The molecule has 2 N–H and O–H groups in total. The Labute approximate surface area is 213 Å². The maximum atomic E-state index is 14.5.